The van der Waals surface area contributed by atoms with Crippen LogP contribution < -0.4 is 10.6 Å². The second-order valence-electron chi connectivity index (χ2n) is 5.11. The van der Waals surface area contributed by atoms with Gasteiger partial charge < -0.3 is 5.73 Å². The fraction of sp³-hybridized carbons (Fsp3) is 0.235. The van der Waals surface area contributed by atoms with Crippen LogP contribution in [0.1, 0.15) is 22.3 Å². The zero-order valence-electron chi connectivity index (χ0n) is 12.4. The van der Waals surface area contributed by atoms with Crippen LogP contribution in [0.2, 0.25) is 0 Å². The molecule has 104 valence electrons. The van der Waals surface area contributed by atoms with Gasteiger partial charge in [-0.3, -0.25) is 4.90 Å². The van der Waals surface area contributed by atoms with Crippen LogP contribution in [0, 0.1) is 27.7 Å². The third-order valence-corrected chi connectivity index (χ3v) is 3.85. The molecule has 0 radical (unpaired) electrons. The number of hydrogen-bond donors (Lipinski definition) is 1. The molecule has 0 saturated carbocycles. The zero-order valence-corrected chi connectivity index (χ0v) is 12.4. The number of carbonyl (C=O) groups is 1. The summed E-state index contributed by atoms with van der Waals surface area (Å²) in [4.78, 5) is 13.6. The fourth-order valence-electron chi connectivity index (χ4n) is 2.32. The molecule has 2 amide bonds. The summed E-state index contributed by atoms with van der Waals surface area (Å²) in [7, 11) is 0. The number of urea groups is 1. The highest BCUT2D eigenvalue weighted by atomic mass is 16.2. The van der Waals surface area contributed by atoms with Gasteiger partial charge in [0.05, 0.1) is 11.4 Å². The van der Waals surface area contributed by atoms with Crippen LogP contribution in [0.25, 0.3) is 0 Å². The van der Waals surface area contributed by atoms with Crippen molar-refractivity contribution < 1.29 is 4.79 Å². The van der Waals surface area contributed by atoms with E-state index in [9.17, 15) is 4.79 Å². The smallest absolute Gasteiger partial charge is 0.323 e. The molecule has 0 aliphatic rings. The number of aryl methyl sites for hydroxylation is 2. The number of anilines is 2. The second-order valence-corrected chi connectivity index (χ2v) is 5.11. The predicted octanol–water partition coefficient (Wildman–Crippen LogP) is 4.14. The number of hydrogen-bond acceptors (Lipinski definition) is 1. The highest BCUT2D eigenvalue weighted by molar-refractivity contribution is 6.00. The van der Waals surface area contributed by atoms with Crippen molar-refractivity contribution in [1.82, 2.24) is 0 Å². The molecule has 0 saturated heterocycles. The SMILES string of the molecule is Cc1cccc(N(C(N)=O)c2cccc(C)c2C)c1C. The Morgan fingerprint density at radius 1 is 0.850 bits per heavy atom. The normalized spacial score (nSPS) is 10.4. The van der Waals surface area contributed by atoms with Crippen molar-refractivity contribution in [3.8, 4) is 0 Å². The third kappa shape index (κ3) is 2.39. The van der Waals surface area contributed by atoms with Crippen molar-refractivity contribution in [2.24, 2.45) is 5.73 Å². The van der Waals surface area contributed by atoms with Crippen LogP contribution in [0.15, 0.2) is 36.4 Å². The molecule has 20 heavy (non-hydrogen) atoms. The Labute approximate surface area is 120 Å². The van der Waals surface area contributed by atoms with Crippen molar-refractivity contribution in [3.05, 3.63) is 58.7 Å². The Kier molecular flexibility index (Phi) is 3.79. The van der Waals surface area contributed by atoms with Gasteiger partial charge in [-0.25, -0.2) is 4.79 Å². The summed E-state index contributed by atoms with van der Waals surface area (Å²) in [6, 6.07) is 11.3. The summed E-state index contributed by atoms with van der Waals surface area (Å²) in [6.45, 7) is 8.07. The van der Waals surface area contributed by atoms with Gasteiger partial charge in [-0.2, -0.15) is 0 Å². The standard InChI is InChI=1S/C17H20N2O/c1-11-7-5-9-15(13(11)3)19(17(18)20)16-10-6-8-12(2)14(16)4/h5-10H,1-4H3,(H2,18,20). The Hall–Kier alpha value is -2.29. The van der Waals surface area contributed by atoms with Gasteiger partial charge in [0.1, 0.15) is 0 Å². The van der Waals surface area contributed by atoms with E-state index in [0.717, 1.165) is 33.6 Å². The Bertz CT molecular complexity index is 611. The van der Waals surface area contributed by atoms with E-state index in [-0.39, 0.29) is 0 Å². The molecule has 3 nitrogen and oxygen atoms in total. The van der Waals surface area contributed by atoms with Crippen molar-refractivity contribution in [1.29, 1.82) is 0 Å². The lowest BCUT2D eigenvalue weighted by Gasteiger charge is -2.25. The molecule has 0 heterocycles. The summed E-state index contributed by atoms with van der Waals surface area (Å²) in [5.74, 6) is 0. The van der Waals surface area contributed by atoms with Crippen molar-refractivity contribution in [2.75, 3.05) is 4.90 Å². The molecule has 2 N–H and O–H groups in total. The van der Waals surface area contributed by atoms with E-state index < -0.39 is 6.03 Å². The quantitative estimate of drug-likeness (QED) is 0.874. The monoisotopic (exact) mass is 268 g/mol. The van der Waals surface area contributed by atoms with Gasteiger partial charge in [-0.15, -0.1) is 0 Å². The van der Waals surface area contributed by atoms with E-state index in [0.29, 0.717) is 0 Å². The average molecular weight is 268 g/mol. The number of amides is 2. The van der Waals surface area contributed by atoms with Crippen molar-refractivity contribution >= 4 is 17.4 Å². The molecule has 3 heteroatoms. The van der Waals surface area contributed by atoms with Gasteiger partial charge in [-0.05, 0) is 62.1 Å². The Balaban J connectivity index is 2.66. The van der Waals surface area contributed by atoms with Crippen LogP contribution in [0.4, 0.5) is 16.2 Å². The third-order valence-electron chi connectivity index (χ3n) is 3.85. The molecule has 0 aliphatic heterocycles. The van der Waals surface area contributed by atoms with Gasteiger partial charge in [-0.1, -0.05) is 24.3 Å². The minimum atomic E-state index is -0.465. The van der Waals surface area contributed by atoms with Gasteiger partial charge >= 0.3 is 6.03 Å². The number of nitrogens with zero attached hydrogens (tertiary/aromatic N) is 1. The number of carbonyl (C=O) groups excluding carboxylic acids is 1. The molecular formula is C17H20N2O. The minimum Gasteiger partial charge on any atom is -0.351 e. The highest BCUT2D eigenvalue weighted by Gasteiger charge is 2.19. The molecule has 0 aromatic heterocycles. The summed E-state index contributed by atoms with van der Waals surface area (Å²) >= 11 is 0. The molecule has 2 rings (SSSR count). The Morgan fingerprint density at radius 2 is 1.25 bits per heavy atom. The average Bonchev–Trinajstić information content (AvgIpc) is 2.39. The summed E-state index contributed by atoms with van der Waals surface area (Å²) in [5, 5.41) is 0. The van der Waals surface area contributed by atoms with Crippen molar-refractivity contribution in [3.63, 3.8) is 0 Å². The van der Waals surface area contributed by atoms with Gasteiger partial charge in [0.25, 0.3) is 0 Å². The number of nitrogens with two attached hydrogens (primary N) is 1. The van der Waals surface area contributed by atoms with E-state index in [1.807, 2.05) is 64.1 Å². The fourth-order valence-corrected chi connectivity index (χ4v) is 2.32. The maximum Gasteiger partial charge on any atom is 0.323 e. The first-order chi connectivity index (χ1) is 9.43. The largest absolute Gasteiger partial charge is 0.351 e. The first kappa shape index (κ1) is 14.1. The Morgan fingerprint density at radius 3 is 1.60 bits per heavy atom. The molecule has 0 aliphatic carbocycles. The lowest BCUT2D eigenvalue weighted by Crippen LogP contribution is -2.32. The van der Waals surface area contributed by atoms with Gasteiger partial charge in [0.15, 0.2) is 0 Å². The molecule has 0 atom stereocenters. The molecule has 0 bridgehead atoms. The lowest BCUT2D eigenvalue weighted by atomic mass is 10.0. The van der Waals surface area contributed by atoms with E-state index in [1.165, 1.54) is 0 Å². The minimum absolute atomic E-state index is 0.465. The van der Waals surface area contributed by atoms with Gasteiger partial charge in [0.2, 0.25) is 0 Å². The van der Waals surface area contributed by atoms with E-state index >= 15 is 0 Å². The summed E-state index contributed by atoms with van der Waals surface area (Å²) < 4.78 is 0. The number of primary amides is 1. The molecule has 0 spiro atoms. The van der Waals surface area contributed by atoms with Crippen LogP contribution in [0.3, 0.4) is 0 Å². The lowest BCUT2D eigenvalue weighted by molar-refractivity contribution is 0.256. The maximum absolute atomic E-state index is 12.0. The topological polar surface area (TPSA) is 46.3 Å². The molecule has 0 unspecified atom stereocenters. The van der Waals surface area contributed by atoms with Crippen LogP contribution in [-0.2, 0) is 0 Å². The van der Waals surface area contributed by atoms with Crippen molar-refractivity contribution in [2.45, 2.75) is 27.7 Å². The van der Waals surface area contributed by atoms with Gasteiger partial charge in [0, 0.05) is 0 Å². The first-order valence-corrected chi connectivity index (χ1v) is 6.65. The molecular weight excluding hydrogens is 248 g/mol. The molecule has 2 aromatic carbocycles. The van der Waals surface area contributed by atoms with E-state index in [2.05, 4.69) is 0 Å². The number of benzene rings is 2. The van der Waals surface area contributed by atoms with E-state index in [4.69, 9.17) is 5.73 Å². The number of rotatable bonds is 2. The summed E-state index contributed by atoms with van der Waals surface area (Å²) in [6.07, 6.45) is 0. The van der Waals surface area contributed by atoms with Crippen LogP contribution >= 0.6 is 0 Å². The molecule has 0 fully saturated rings. The summed E-state index contributed by atoms with van der Waals surface area (Å²) in [5.41, 5.74) is 11.7. The second kappa shape index (κ2) is 5.37. The van der Waals surface area contributed by atoms with Crippen LogP contribution in [0.5, 0.6) is 0 Å². The predicted molar refractivity (Wildman–Crippen MR) is 83.6 cm³/mol. The van der Waals surface area contributed by atoms with Crippen LogP contribution in [-0.4, -0.2) is 6.03 Å². The molecule has 2 aromatic rings. The zero-order chi connectivity index (χ0) is 14.9. The highest BCUT2D eigenvalue weighted by Crippen LogP contribution is 2.32. The maximum atomic E-state index is 12.0. The first-order valence-electron chi connectivity index (χ1n) is 6.65. The van der Waals surface area contributed by atoms with E-state index in [1.54, 1.807) is 4.90 Å².